The number of nitrogens with one attached hydrogen (secondary N) is 2. The minimum Gasteiger partial charge on any atom is -0.478 e. The second-order valence-electron chi connectivity index (χ2n) is 10.4. The number of amides is 3. The maximum absolute atomic E-state index is 12.6. The molecule has 0 spiro atoms. The molecule has 3 amide bonds. The Morgan fingerprint density at radius 2 is 1.19 bits per heavy atom. The number of aromatic nitrogens is 4. The van der Waals surface area contributed by atoms with Crippen LogP contribution >= 0.6 is 23.2 Å². The third kappa shape index (κ3) is 9.56. The van der Waals surface area contributed by atoms with Crippen LogP contribution in [-0.4, -0.2) is 77.4 Å². The van der Waals surface area contributed by atoms with Crippen molar-refractivity contribution in [1.82, 2.24) is 24.8 Å². The van der Waals surface area contributed by atoms with Crippen molar-refractivity contribution in [2.45, 2.75) is 27.7 Å². The Morgan fingerprint density at radius 3 is 1.70 bits per heavy atom. The van der Waals surface area contributed by atoms with Crippen LogP contribution in [0.2, 0.25) is 10.0 Å². The number of rotatable bonds is 6. The van der Waals surface area contributed by atoms with E-state index in [1.807, 2.05) is 39.0 Å². The van der Waals surface area contributed by atoms with Gasteiger partial charge in [0.25, 0.3) is 11.8 Å². The van der Waals surface area contributed by atoms with E-state index in [9.17, 15) is 9.59 Å². The van der Waals surface area contributed by atoms with Crippen molar-refractivity contribution in [2.24, 2.45) is 0 Å². The molecule has 0 radical (unpaired) electrons. The lowest BCUT2D eigenvalue weighted by atomic mass is 10.2. The van der Waals surface area contributed by atoms with Gasteiger partial charge in [-0.1, -0.05) is 41.4 Å². The normalized spacial score (nSPS) is 12.4. The molecular weight excluding hydrogens is 647 g/mol. The molecule has 13 nitrogen and oxygen atoms in total. The number of methoxy groups -OCH3 is 2. The highest BCUT2D eigenvalue weighted by atomic mass is 35.5. The number of piperazine rings is 1. The van der Waals surface area contributed by atoms with Gasteiger partial charge in [-0.3, -0.25) is 10.6 Å². The lowest BCUT2D eigenvalue weighted by Crippen LogP contribution is -2.50. The zero-order valence-electron chi connectivity index (χ0n) is 26.9. The van der Waals surface area contributed by atoms with Gasteiger partial charge in [0.15, 0.2) is 11.6 Å². The topological polar surface area (TPSA) is 144 Å². The second kappa shape index (κ2) is 16.1. The van der Waals surface area contributed by atoms with Gasteiger partial charge in [0, 0.05) is 41.9 Å². The summed E-state index contributed by atoms with van der Waals surface area (Å²) in [5.74, 6) is 1.56. The Labute approximate surface area is 283 Å². The predicted octanol–water partition coefficient (Wildman–Crippen LogP) is 6.48. The fraction of sp³-hybridized carbons (Fsp3) is 0.312. The summed E-state index contributed by atoms with van der Waals surface area (Å²) in [5.41, 5.74) is 3.91. The summed E-state index contributed by atoms with van der Waals surface area (Å²) in [6, 6.07) is 14.0. The van der Waals surface area contributed by atoms with Crippen LogP contribution in [0.3, 0.4) is 0 Å². The number of ether oxygens (including phenoxy) is 3. The molecule has 1 aliphatic heterocycles. The molecule has 4 aromatic rings. The van der Waals surface area contributed by atoms with Crippen LogP contribution in [0.5, 0.6) is 17.5 Å². The van der Waals surface area contributed by atoms with Crippen LogP contribution in [0.4, 0.5) is 26.9 Å². The highest BCUT2D eigenvalue weighted by molar-refractivity contribution is 6.35. The fourth-order valence-corrected chi connectivity index (χ4v) is 4.91. The van der Waals surface area contributed by atoms with Gasteiger partial charge in [0.1, 0.15) is 5.75 Å². The van der Waals surface area contributed by atoms with Crippen molar-refractivity contribution >= 4 is 52.6 Å². The van der Waals surface area contributed by atoms with Gasteiger partial charge < -0.3 is 24.0 Å². The lowest BCUT2D eigenvalue weighted by Gasteiger charge is -2.36. The molecule has 1 aliphatic rings. The number of para-hydroxylation sites is 1. The van der Waals surface area contributed by atoms with Crippen molar-refractivity contribution in [2.75, 3.05) is 55.9 Å². The third-order valence-electron chi connectivity index (χ3n) is 7.12. The standard InChI is InChI=1S/C18H21Cl2N5O2.C14H15N3O3/c1-11-12(2)22-17(27-3)16(21-11)23-18(26)25-6-4-24(5-7-25)15-9-13(19)8-14(20)10-15;1-9-10(2)16-13(19-3)12(15-9)17-14(18)20-11-7-5-4-6-8-11/h8-10H,4-7H2,1-3H3,(H,21,23,26);4-8H,1-3H3,(H,15,17,18). The summed E-state index contributed by atoms with van der Waals surface area (Å²) >= 11 is 12.2. The number of urea groups is 1. The lowest BCUT2D eigenvalue weighted by molar-refractivity contribution is 0.208. The van der Waals surface area contributed by atoms with Crippen LogP contribution in [0.25, 0.3) is 0 Å². The summed E-state index contributed by atoms with van der Waals surface area (Å²) in [7, 11) is 2.97. The molecule has 1 fully saturated rings. The number of anilines is 3. The Bertz CT molecular complexity index is 1700. The highest BCUT2D eigenvalue weighted by Crippen LogP contribution is 2.27. The largest absolute Gasteiger partial charge is 0.478 e. The van der Waals surface area contributed by atoms with Crippen molar-refractivity contribution in [3.05, 3.63) is 81.4 Å². The average Bonchev–Trinajstić information content (AvgIpc) is 3.04. The molecule has 47 heavy (non-hydrogen) atoms. The Balaban J connectivity index is 0.000000223. The van der Waals surface area contributed by atoms with E-state index in [-0.39, 0.29) is 17.7 Å². The second-order valence-corrected chi connectivity index (χ2v) is 11.2. The number of carbonyl (C=O) groups is 2. The number of hydrogen-bond acceptors (Lipinski definition) is 10. The van der Waals surface area contributed by atoms with E-state index in [4.69, 9.17) is 37.4 Å². The van der Waals surface area contributed by atoms with Crippen molar-refractivity contribution in [1.29, 1.82) is 0 Å². The molecule has 2 aromatic carbocycles. The number of aryl methyl sites for hydroxylation is 4. The first-order chi connectivity index (χ1) is 22.5. The maximum Gasteiger partial charge on any atom is 0.418 e. The van der Waals surface area contributed by atoms with Gasteiger partial charge >= 0.3 is 12.1 Å². The van der Waals surface area contributed by atoms with E-state index in [1.54, 1.807) is 42.2 Å². The van der Waals surface area contributed by atoms with E-state index in [1.165, 1.54) is 14.2 Å². The summed E-state index contributed by atoms with van der Waals surface area (Å²) in [6.45, 7) is 9.79. The average molecular weight is 684 g/mol. The first-order valence-electron chi connectivity index (χ1n) is 14.6. The van der Waals surface area contributed by atoms with Crippen LogP contribution < -0.4 is 29.7 Å². The van der Waals surface area contributed by atoms with Crippen LogP contribution in [0, 0.1) is 27.7 Å². The molecule has 248 valence electrons. The highest BCUT2D eigenvalue weighted by Gasteiger charge is 2.23. The first-order valence-corrected chi connectivity index (χ1v) is 15.3. The maximum atomic E-state index is 12.6. The van der Waals surface area contributed by atoms with E-state index in [0.717, 1.165) is 22.8 Å². The first kappa shape index (κ1) is 35.0. The molecule has 0 unspecified atom stereocenters. The van der Waals surface area contributed by atoms with Crippen molar-refractivity contribution in [3.8, 4) is 17.5 Å². The predicted molar refractivity (Wildman–Crippen MR) is 181 cm³/mol. The van der Waals surface area contributed by atoms with Crippen LogP contribution in [0.1, 0.15) is 22.8 Å². The third-order valence-corrected chi connectivity index (χ3v) is 7.55. The fourth-order valence-electron chi connectivity index (χ4n) is 4.40. The zero-order valence-corrected chi connectivity index (χ0v) is 28.4. The Hall–Kier alpha value is -4.88. The summed E-state index contributed by atoms with van der Waals surface area (Å²) < 4.78 is 15.4. The van der Waals surface area contributed by atoms with Gasteiger partial charge in [0.05, 0.1) is 37.0 Å². The molecule has 2 N–H and O–H groups in total. The van der Waals surface area contributed by atoms with Gasteiger partial charge in [-0.25, -0.2) is 29.5 Å². The summed E-state index contributed by atoms with van der Waals surface area (Å²) in [5, 5.41) is 6.51. The number of hydrogen-bond donors (Lipinski definition) is 2. The SMILES string of the molecule is COc1nc(C)c(C)nc1NC(=O)N1CCN(c2cc(Cl)cc(Cl)c2)CC1.COc1nc(C)c(C)nc1NC(=O)Oc1ccccc1. The molecular formula is C32H36Cl2N8O5. The monoisotopic (exact) mass is 682 g/mol. The summed E-state index contributed by atoms with van der Waals surface area (Å²) in [4.78, 5) is 45.4. The van der Waals surface area contributed by atoms with Gasteiger partial charge in [-0.2, -0.15) is 0 Å². The molecule has 0 bridgehead atoms. The zero-order chi connectivity index (χ0) is 34.1. The van der Waals surface area contributed by atoms with Crippen molar-refractivity contribution in [3.63, 3.8) is 0 Å². The van der Waals surface area contributed by atoms with E-state index in [0.29, 0.717) is 59.4 Å². The van der Waals surface area contributed by atoms with Gasteiger partial charge in [0.2, 0.25) is 0 Å². The van der Waals surface area contributed by atoms with E-state index in [2.05, 4.69) is 35.5 Å². The molecule has 3 heterocycles. The molecule has 5 rings (SSSR count). The van der Waals surface area contributed by atoms with Crippen molar-refractivity contribution < 1.29 is 23.8 Å². The molecule has 15 heteroatoms. The minimum atomic E-state index is -0.646. The van der Waals surface area contributed by atoms with Crippen LogP contribution in [0.15, 0.2) is 48.5 Å². The molecule has 0 saturated carbocycles. The Morgan fingerprint density at radius 1 is 0.702 bits per heavy atom. The Kier molecular flexibility index (Phi) is 12.0. The summed E-state index contributed by atoms with van der Waals surface area (Å²) in [6.07, 6.45) is -0.646. The number of carbonyl (C=O) groups excluding carboxylic acids is 2. The number of benzene rings is 2. The minimum absolute atomic E-state index is 0.227. The quantitative estimate of drug-likeness (QED) is 0.232. The molecule has 0 atom stereocenters. The van der Waals surface area contributed by atoms with Crippen LogP contribution in [-0.2, 0) is 0 Å². The van der Waals surface area contributed by atoms with E-state index >= 15 is 0 Å². The van der Waals surface area contributed by atoms with E-state index < -0.39 is 6.09 Å². The molecule has 2 aromatic heterocycles. The van der Waals surface area contributed by atoms with Gasteiger partial charge in [-0.05, 0) is 58.0 Å². The van der Waals surface area contributed by atoms with Gasteiger partial charge in [-0.15, -0.1) is 0 Å². The number of halogens is 2. The smallest absolute Gasteiger partial charge is 0.418 e. The number of nitrogens with zero attached hydrogens (tertiary/aromatic N) is 6. The molecule has 0 aliphatic carbocycles. The molecule has 1 saturated heterocycles.